The molecule has 0 unspecified atom stereocenters. The molecule has 1 saturated carbocycles. The summed E-state index contributed by atoms with van der Waals surface area (Å²) in [6.45, 7) is 7.07. The second-order valence-corrected chi connectivity index (χ2v) is 9.48. The fraction of sp³-hybridized carbons (Fsp3) is 0.778. The van der Waals surface area contributed by atoms with E-state index in [4.69, 9.17) is 4.74 Å². The van der Waals surface area contributed by atoms with Crippen LogP contribution >= 0.6 is 0 Å². The molecule has 1 amide bonds. The summed E-state index contributed by atoms with van der Waals surface area (Å²) in [5.74, 6) is 0.357. The fourth-order valence-corrected chi connectivity index (χ4v) is 5.82. The lowest BCUT2D eigenvalue weighted by Gasteiger charge is -2.29. The molecular formula is C18H30N4O4S. The zero-order valence-corrected chi connectivity index (χ0v) is 17.2. The van der Waals surface area contributed by atoms with Gasteiger partial charge in [0, 0.05) is 19.1 Å². The fourth-order valence-electron chi connectivity index (χ4n) is 4.04. The molecule has 8 nitrogen and oxygen atoms in total. The van der Waals surface area contributed by atoms with Crippen LogP contribution < -0.4 is 5.32 Å². The van der Waals surface area contributed by atoms with Gasteiger partial charge in [0.05, 0.1) is 24.6 Å². The molecule has 2 fully saturated rings. The molecule has 0 radical (unpaired) electrons. The first-order valence-corrected chi connectivity index (χ1v) is 11.2. The van der Waals surface area contributed by atoms with Crippen LogP contribution in [0.1, 0.15) is 44.0 Å². The standard InChI is InChI=1S/C18H30N4O4S/c1-13-6-4-5-7-16(13)19-17(23)12-22-15(3)18(14(2)20-22)27(24,25)21-8-10-26-11-9-21/h13,16H,4-12H2,1-3H3,(H,19,23)/t13-,16+/m0/s1. The highest BCUT2D eigenvalue weighted by atomic mass is 32.2. The van der Waals surface area contributed by atoms with Gasteiger partial charge in [-0.25, -0.2) is 8.42 Å². The molecule has 1 aromatic heterocycles. The maximum absolute atomic E-state index is 13.0. The number of amides is 1. The lowest BCUT2D eigenvalue weighted by atomic mass is 9.86. The van der Waals surface area contributed by atoms with E-state index in [1.54, 1.807) is 13.8 Å². The highest BCUT2D eigenvalue weighted by molar-refractivity contribution is 7.89. The van der Waals surface area contributed by atoms with Crippen molar-refractivity contribution in [1.29, 1.82) is 0 Å². The summed E-state index contributed by atoms with van der Waals surface area (Å²) in [5, 5.41) is 7.44. The molecule has 2 atom stereocenters. The topological polar surface area (TPSA) is 93.5 Å². The number of nitrogens with zero attached hydrogens (tertiary/aromatic N) is 3. The monoisotopic (exact) mass is 398 g/mol. The molecule has 2 aliphatic rings. The van der Waals surface area contributed by atoms with Crippen molar-refractivity contribution < 1.29 is 17.9 Å². The Morgan fingerprint density at radius 3 is 2.56 bits per heavy atom. The molecule has 1 aliphatic carbocycles. The van der Waals surface area contributed by atoms with Crippen LogP contribution in [0.5, 0.6) is 0 Å². The maximum Gasteiger partial charge on any atom is 0.246 e. The summed E-state index contributed by atoms with van der Waals surface area (Å²) in [6.07, 6.45) is 4.48. The van der Waals surface area contributed by atoms with Gasteiger partial charge in [0.2, 0.25) is 15.9 Å². The maximum atomic E-state index is 13.0. The summed E-state index contributed by atoms with van der Waals surface area (Å²) in [5.41, 5.74) is 0.934. The lowest BCUT2D eigenvalue weighted by molar-refractivity contribution is -0.123. The molecular weight excluding hydrogens is 368 g/mol. The minimum Gasteiger partial charge on any atom is -0.379 e. The van der Waals surface area contributed by atoms with E-state index in [2.05, 4.69) is 17.3 Å². The molecule has 2 heterocycles. The Hall–Kier alpha value is -1.45. The Labute approximate surface area is 161 Å². The first-order valence-electron chi connectivity index (χ1n) is 9.72. The van der Waals surface area contributed by atoms with Crippen molar-refractivity contribution in [3.8, 4) is 0 Å². The number of rotatable bonds is 5. The summed E-state index contributed by atoms with van der Waals surface area (Å²) in [6, 6.07) is 0.194. The van der Waals surface area contributed by atoms with Gasteiger partial charge in [0.25, 0.3) is 0 Å². The summed E-state index contributed by atoms with van der Waals surface area (Å²) in [7, 11) is -3.64. The predicted molar refractivity (Wildman–Crippen MR) is 101 cm³/mol. The first-order chi connectivity index (χ1) is 12.8. The van der Waals surface area contributed by atoms with E-state index in [0.29, 0.717) is 43.6 Å². The van der Waals surface area contributed by atoms with E-state index in [9.17, 15) is 13.2 Å². The zero-order chi connectivity index (χ0) is 19.6. The second-order valence-electron chi connectivity index (χ2n) is 7.61. The largest absolute Gasteiger partial charge is 0.379 e. The van der Waals surface area contributed by atoms with Crippen LogP contribution in [0.4, 0.5) is 0 Å². The van der Waals surface area contributed by atoms with Crippen molar-refractivity contribution in [2.24, 2.45) is 5.92 Å². The zero-order valence-electron chi connectivity index (χ0n) is 16.4. The first kappa shape index (κ1) is 20.3. The molecule has 27 heavy (non-hydrogen) atoms. The Balaban J connectivity index is 1.74. The van der Waals surface area contributed by atoms with E-state index in [1.807, 2.05) is 0 Å². The predicted octanol–water partition coefficient (Wildman–Crippen LogP) is 1.22. The average molecular weight is 399 g/mol. The smallest absolute Gasteiger partial charge is 0.246 e. The van der Waals surface area contributed by atoms with Gasteiger partial charge < -0.3 is 10.1 Å². The SMILES string of the molecule is Cc1nn(CC(=O)N[C@@H]2CCCC[C@@H]2C)c(C)c1S(=O)(=O)N1CCOCC1. The molecule has 3 rings (SSSR count). The highest BCUT2D eigenvalue weighted by Gasteiger charge is 2.32. The Bertz CT molecular complexity index is 784. The Kier molecular flexibility index (Phi) is 6.22. The van der Waals surface area contributed by atoms with E-state index in [0.717, 1.165) is 19.3 Å². The van der Waals surface area contributed by atoms with Crippen LogP contribution in [0.25, 0.3) is 0 Å². The number of hydrogen-bond acceptors (Lipinski definition) is 5. The number of carbonyl (C=O) groups is 1. The number of carbonyl (C=O) groups excluding carboxylic acids is 1. The van der Waals surface area contributed by atoms with Gasteiger partial charge in [0.15, 0.2) is 0 Å². The summed E-state index contributed by atoms with van der Waals surface area (Å²) >= 11 is 0. The van der Waals surface area contributed by atoms with E-state index >= 15 is 0 Å². The van der Waals surface area contributed by atoms with Gasteiger partial charge in [-0.3, -0.25) is 9.48 Å². The number of sulfonamides is 1. The molecule has 0 spiro atoms. The normalized spacial score (nSPS) is 24.7. The lowest BCUT2D eigenvalue weighted by Crippen LogP contribution is -2.42. The summed E-state index contributed by atoms with van der Waals surface area (Å²) < 4.78 is 34.2. The van der Waals surface area contributed by atoms with Gasteiger partial charge in [-0.1, -0.05) is 19.8 Å². The van der Waals surface area contributed by atoms with Crippen molar-refractivity contribution in [2.75, 3.05) is 26.3 Å². The molecule has 0 aromatic carbocycles. The molecule has 1 aliphatic heterocycles. The number of ether oxygens (including phenoxy) is 1. The van der Waals surface area contributed by atoms with E-state index in [1.165, 1.54) is 15.4 Å². The molecule has 0 bridgehead atoms. The van der Waals surface area contributed by atoms with Crippen molar-refractivity contribution in [1.82, 2.24) is 19.4 Å². The number of hydrogen-bond donors (Lipinski definition) is 1. The third kappa shape index (κ3) is 4.35. The van der Waals surface area contributed by atoms with Crippen molar-refractivity contribution in [3.05, 3.63) is 11.4 Å². The van der Waals surface area contributed by atoms with Gasteiger partial charge in [-0.2, -0.15) is 9.40 Å². The molecule has 1 aromatic rings. The van der Waals surface area contributed by atoms with Gasteiger partial charge in [-0.15, -0.1) is 0 Å². The van der Waals surface area contributed by atoms with Crippen molar-refractivity contribution in [3.63, 3.8) is 0 Å². The number of aromatic nitrogens is 2. The quantitative estimate of drug-likeness (QED) is 0.805. The second kappa shape index (κ2) is 8.28. The van der Waals surface area contributed by atoms with Gasteiger partial charge in [0.1, 0.15) is 11.4 Å². The van der Waals surface area contributed by atoms with Crippen LogP contribution in [0.15, 0.2) is 4.90 Å². The third-order valence-electron chi connectivity index (χ3n) is 5.63. The van der Waals surface area contributed by atoms with Crippen LogP contribution in [0.2, 0.25) is 0 Å². The molecule has 1 N–H and O–H groups in total. The van der Waals surface area contributed by atoms with Crippen LogP contribution in [-0.4, -0.2) is 60.8 Å². The number of aryl methyl sites for hydroxylation is 1. The molecule has 9 heteroatoms. The minimum absolute atomic E-state index is 0.0362. The highest BCUT2D eigenvalue weighted by Crippen LogP contribution is 2.25. The minimum atomic E-state index is -3.64. The average Bonchev–Trinajstić information content (AvgIpc) is 2.91. The van der Waals surface area contributed by atoms with Crippen LogP contribution in [0.3, 0.4) is 0 Å². The van der Waals surface area contributed by atoms with Crippen molar-refractivity contribution in [2.45, 2.75) is 63.9 Å². The molecule has 1 saturated heterocycles. The number of morpholine rings is 1. The Morgan fingerprint density at radius 2 is 1.89 bits per heavy atom. The van der Waals surface area contributed by atoms with Crippen LogP contribution in [-0.2, 0) is 26.1 Å². The molecule has 152 valence electrons. The summed E-state index contributed by atoms with van der Waals surface area (Å²) in [4.78, 5) is 12.7. The van der Waals surface area contributed by atoms with Gasteiger partial charge in [-0.05, 0) is 32.6 Å². The number of nitrogens with one attached hydrogen (secondary N) is 1. The Morgan fingerprint density at radius 1 is 1.22 bits per heavy atom. The van der Waals surface area contributed by atoms with Crippen LogP contribution in [0, 0.1) is 19.8 Å². The van der Waals surface area contributed by atoms with Crippen molar-refractivity contribution >= 4 is 15.9 Å². The van der Waals surface area contributed by atoms with E-state index in [-0.39, 0.29) is 23.4 Å². The third-order valence-corrected chi connectivity index (χ3v) is 7.79. The van der Waals surface area contributed by atoms with Gasteiger partial charge >= 0.3 is 0 Å². The van der Waals surface area contributed by atoms with E-state index < -0.39 is 10.0 Å².